The van der Waals surface area contributed by atoms with Crippen molar-refractivity contribution >= 4 is 34.2 Å². The second kappa shape index (κ2) is 8.86. The van der Waals surface area contributed by atoms with Crippen LogP contribution in [0, 0.1) is 23.2 Å². The summed E-state index contributed by atoms with van der Waals surface area (Å²) in [5, 5.41) is 6.73. The van der Waals surface area contributed by atoms with E-state index in [0.29, 0.717) is 5.41 Å². The van der Waals surface area contributed by atoms with Crippen molar-refractivity contribution in [2.75, 3.05) is 32.7 Å². The maximum absolute atomic E-state index is 13.0. The van der Waals surface area contributed by atoms with Crippen molar-refractivity contribution < 1.29 is 4.79 Å². The molecule has 1 aromatic rings. The summed E-state index contributed by atoms with van der Waals surface area (Å²) in [6, 6.07) is 6.26. The Morgan fingerprint density at radius 1 is 1.10 bits per heavy atom. The van der Waals surface area contributed by atoms with Gasteiger partial charge in [0.05, 0.1) is 5.56 Å². The van der Waals surface area contributed by atoms with Crippen LogP contribution in [0.4, 0.5) is 0 Å². The molecule has 0 spiro atoms. The maximum atomic E-state index is 13.0. The first-order valence-corrected chi connectivity index (χ1v) is 11.9. The monoisotopic (exact) mass is 481 g/mol. The molecule has 0 atom stereocenters. The number of hydrogen-bond donors (Lipinski definition) is 2. The lowest BCUT2D eigenvalue weighted by Crippen LogP contribution is -2.51. The molecular formula is C23H33BrClN3O. The highest BCUT2D eigenvalue weighted by molar-refractivity contribution is 9.10. The predicted octanol–water partition coefficient (Wildman–Crippen LogP) is 4.22. The van der Waals surface area contributed by atoms with Gasteiger partial charge in [-0.15, -0.1) is 12.4 Å². The summed E-state index contributed by atoms with van der Waals surface area (Å²) in [6.07, 6.45) is 8.36. The van der Waals surface area contributed by atoms with E-state index >= 15 is 0 Å². The Morgan fingerprint density at radius 3 is 2.34 bits per heavy atom. The molecule has 1 heterocycles. The molecule has 1 amide bonds. The Bertz CT molecular complexity index is 714. The van der Waals surface area contributed by atoms with Gasteiger partial charge in [-0.25, -0.2) is 0 Å². The summed E-state index contributed by atoms with van der Waals surface area (Å²) < 4.78 is 0.902. The Hall–Kier alpha value is -0.620. The molecule has 6 rings (SSSR count). The van der Waals surface area contributed by atoms with Crippen molar-refractivity contribution in [3.63, 3.8) is 0 Å². The molecule has 5 fully saturated rings. The van der Waals surface area contributed by atoms with E-state index in [4.69, 9.17) is 0 Å². The number of carbonyl (C=O) groups is 1. The van der Waals surface area contributed by atoms with Crippen LogP contribution >= 0.6 is 28.3 Å². The normalized spacial score (nSPS) is 33.3. The first kappa shape index (κ1) is 21.6. The summed E-state index contributed by atoms with van der Waals surface area (Å²) in [5.41, 5.74) is 2.40. The Labute approximate surface area is 189 Å². The predicted molar refractivity (Wildman–Crippen MR) is 122 cm³/mol. The molecule has 0 radical (unpaired) electrons. The summed E-state index contributed by atoms with van der Waals surface area (Å²) in [7, 11) is 0. The van der Waals surface area contributed by atoms with Crippen molar-refractivity contribution in [1.82, 2.24) is 15.5 Å². The zero-order valence-corrected chi connectivity index (χ0v) is 19.5. The lowest BCUT2D eigenvalue weighted by molar-refractivity contribution is -0.0503. The van der Waals surface area contributed by atoms with Crippen LogP contribution in [0.1, 0.15) is 54.4 Å². The SMILES string of the molecule is Cl.O=C(NCC12CC3CC(CC(C3)C1)C2)c1cc(CN2CCNCC2)ccc1Br. The first-order chi connectivity index (χ1) is 13.6. The van der Waals surface area contributed by atoms with Gasteiger partial charge in [-0.05, 0) is 95.3 Å². The van der Waals surface area contributed by atoms with Crippen molar-refractivity contribution in [3.8, 4) is 0 Å². The molecule has 160 valence electrons. The van der Waals surface area contributed by atoms with Crippen molar-refractivity contribution in [2.24, 2.45) is 23.2 Å². The van der Waals surface area contributed by atoms with Crippen molar-refractivity contribution in [1.29, 1.82) is 0 Å². The number of nitrogens with zero attached hydrogens (tertiary/aromatic N) is 1. The molecule has 0 unspecified atom stereocenters. The van der Waals surface area contributed by atoms with Gasteiger partial charge in [-0.3, -0.25) is 9.69 Å². The van der Waals surface area contributed by atoms with Crippen LogP contribution in [0.15, 0.2) is 22.7 Å². The Kier molecular flexibility index (Phi) is 6.60. The summed E-state index contributed by atoms with van der Waals surface area (Å²) >= 11 is 3.61. The van der Waals surface area contributed by atoms with E-state index in [2.05, 4.69) is 43.6 Å². The third-order valence-corrected chi connectivity index (χ3v) is 8.37. The van der Waals surface area contributed by atoms with E-state index in [-0.39, 0.29) is 18.3 Å². The van der Waals surface area contributed by atoms with Gasteiger partial charge in [0, 0.05) is 43.7 Å². The van der Waals surface area contributed by atoms with Gasteiger partial charge in [-0.2, -0.15) is 0 Å². The molecule has 4 bridgehead atoms. The van der Waals surface area contributed by atoms with Gasteiger partial charge in [0.15, 0.2) is 0 Å². The number of piperazine rings is 1. The van der Waals surface area contributed by atoms with E-state index in [1.807, 2.05) is 6.07 Å². The highest BCUT2D eigenvalue weighted by atomic mass is 79.9. The lowest BCUT2D eigenvalue weighted by Gasteiger charge is -2.56. The van der Waals surface area contributed by atoms with Crippen molar-refractivity contribution in [3.05, 3.63) is 33.8 Å². The largest absolute Gasteiger partial charge is 0.351 e. The van der Waals surface area contributed by atoms with Gasteiger partial charge in [-0.1, -0.05) is 6.07 Å². The Morgan fingerprint density at radius 2 is 1.72 bits per heavy atom. The van der Waals surface area contributed by atoms with Crippen LogP contribution in [-0.2, 0) is 6.54 Å². The molecule has 4 aliphatic carbocycles. The van der Waals surface area contributed by atoms with E-state index in [0.717, 1.165) is 67.1 Å². The minimum absolute atomic E-state index is 0. The third-order valence-electron chi connectivity index (χ3n) is 7.68. The molecule has 6 heteroatoms. The fourth-order valence-corrected chi connectivity index (χ4v) is 7.27. The van der Waals surface area contributed by atoms with Gasteiger partial charge in [0.25, 0.3) is 5.91 Å². The third kappa shape index (κ3) is 4.68. The van der Waals surface area contributed by atoms with Crippen LogP contribution < -0.4 is 10.6 Å². The second-order valence-electron chi connectivity index (χ2n) is 9.94. The topological polar surface area (TPSA) is 44.4 Å². The van der Waals surface area contributed by atoms with Crippen molar-refractivity contribution in [2.45, 2.75) is 45.1 Å². The fraction of sp³-hybridized carbons (Fsp3) is 0.696. The minimum Gasteiger partial charge on any atom is -0.351 e. The lowest BCUT2D eigenvalue weighted by atomic mass is 9.49. The maximum Gasteiger partial charge on any atom is 0.252 e. The zero-order chi connectivity index (χ0) is 19.1. The summed E-state index contributed by atoms with van der Waals surface area (Å²) in [4.78, 5) is 15.5. The molecule has 2 N–H and O–H groups in total. The van der Waals surface area contributed by atoms with Gasteiger partial charge in [0.2, 0.25) is 0 Å². The number of hydrogen-bond acceptors (Lipinski definition) is 3. The van der Waals surface area contributed by atoms with Gasteiger partial charge in [0.1, 0.15) is 0 Å². The number of amides is 1. The summed E-state index contributed by atoms with van der Waals surface area (Å²) in [6.45, 7) is 6.03. The highest BCUT2D eigenvalue weighted by Crippen LogP contribution is 2.59. The molecule has 29 heavy (non-hydrogen) atoms. The molecule has 1 saturated heterocycles. The molecular weight excluding hydrogens is 450 g/mol. The molecule has 4 nitrogen and oxygen atoms in total. The van der Waals surface area contributed by atoms with E-state index in [1.54, 1.807) is 0 Å². The van der Waals surface area contributed by atoms with Crippen LogP contribution in [0.3, 0.4) is 0 Å². The number of nitrogens with one attached hydrogen (secondary N) is 2. The molecule has 1 aliphatic heterocycles. The molecule has 4 saturated carbocycles. The quantitative estimate of drug-likeness (QED) is 0.660. The Balaban J connectivity index is 0.00000205. The average molecular weight is 483 g/mol. The molecule has 1 aromatic carbocycles. The molecule has 5 aliphatic rings. The zero-order valence-electron chi connectivity index (χ0n) is 17.1. The van der Waals surface area contributed by atoms with Crippen LogP contribution in [0.25, 0.3) is 0 Å². The van der Waals surface area contributed by atoms with E-state index < -0.39 is 0 Å². The average Bonchev–Trinajstić information content (AvgIpc) is 2.67. The van der Waals surface area contributed by atoms with E-state index in [9.17, 15) is 4.79 Å². The number of benzene rings is 1. The minimum atomic E-state index is 0. The molecule has 0 aromatic heterocycles. The smallest absolute Gasteiger partial charge is 0.252 e. The number of rotatable bonds is 5. The standard InChI is InChI=1S/C23H32BrN3O.ClH/c24-21-2-1-16(14-27-5-3-25-4-6-27)10-20(21)22(28)26-15-23-11-17-7-18(12-23)9-19(8-17)13-23;/h1-2,10,17-19,25H,3-9,11-15H2,(H,26,28);1H. The fourth-order valence-electron chi connectivity index (χ4n) is 6.84. The summed E-state index contributed by atoms with van der Waals surface area (Å²) in [5.74, 6) is 2.87. The van der Waals surface area contributed by atoms with Gasteiger partial charge >= 0.3 is 0 Å². The van der Waals surface area contributed by atoms with Crippen LogP contribution in [-0.4, -0.2) is 43.5 Å². The first-order valence-electron chi connectivity index (χ1n) is 11.1. The number of halogens is 2. The van der Waals surface area contributed by atoms with Crippen LogP contribution in [0.5, 0.6) is 0 Å². The number of carbonyl (C=O) groups excluding carboxylic acids is 1. The van der Waals surface area contributed by atoms with Gasteiger partial charge < -0.3 is 10.6 Å². The van der Waals surface area contributed by atoms with E-state index in [1.165, 1.54) is 44.1 Å². The van der Waals surface area contributed by atoms with Crippen LogP contribution in [0.2, 0.25) is 0 Å². The highest BCUT2D eigenvalue weighted by Gasteiger charge is 2.50. The second-order valence-corrected chi connectivity index (χ2v) is 10.8.